The number of hydrogen-bond donors (Lipinski definition) is 1. The second-order valence-electron chi connectivity index (χ2n) is 5.15. The van der Waals surface area contributed by atoms with E-state index in [1.807, 2.05) is 0 Å². The minimum Gasteiger partial charge on any atom is -0.492 e. The Hall–Kier alpha value is -2.38. The molecule has 24 heavy (non-hydrogen) atoms. The van der Waals surface area contributed by atoms with Crippen LogP contribution in [0.3, 0.4) is 0 Å². The van der Waals surface area contributed by atoms with Gasteiger partial charge in [0.1, 0.15) is 17.2 Å². The molecule has 1 amide bonds. The third-order valence-corrected chi connectivity index (χ3v) is 5.02. The summed E-state index contributed by atoms with van der Waals surface area (Å²) in [6.07, 6.45) is 1.45. The summed E-state index contributed by atoms with van der Waals surface area (Å²) in [5.74, 6) is 0.122. The van der Waals surface area contributed by atoms with Crippen LogP contribution in [0.4, 0.5) is 0 Å². The van der Waals surface area contributed by atoms with E-state index in [4.69, 9.17) is 22.1 Å². The first-order valence-corrected chi connectivity index (χ1v) is 8.33. The molecule has 0 unspecified atom stereocenters. The number of nitrogens with two attached hydrogens (primary N) is 1. The van der Waals surface area contributed by atoms with E-state index in [0.29, 0.717) is 44.6 Å². The van der Waals surface area contributed by atoms with E-state index >= 15 is 0 Å². The fraction of sp³-hybridized carbons (Fsp3) is 0.188. The molecular weight excluding hydrogens is 350 g/mol. The van der Waals surface area contributed by atoms with Crippen LogP contribution < -0.4 is 16.0 Å². The molecule has 2 N–H and O–H groups in total. The van der Waals surface area contributed by atoms with Crippen LogP contribution in [0.15, 0.2) is 35.4 Å². The molecule has 6 nitrogen and oxygen atoms in total. The second-order valence-corrected chi connectivity index (χ2v) is 6.58. The molecule has 1 aromatic carbocycles. The first-order valence-electron chi connectivity index (χ1n) is 7.14. The van der Waals surface area contributed by atoms with Gasteiger partial charge in [0.05, 0.1) is 23.1 Å². The Morgan fingerprint density at radius 2 is 2.08 bits per heavy atom. The van der Waals surface area contributed by atoms with E-state index in [0.717, 1.165) is 11.3 Å². The van der Waals surface area contributed by atoms with E-state index in [-0.39, 0.29) is 5.56 Å². The molecule has 0 aliphatic carbocycles. The molecular formula is C16H14ClN3O3S. The van der Waals surface area contributed by atoms with Crippen molar-refractivity contribution < 1.29 is 9.53 Å². The summed E-state index contributed by atoms with van der Waals surface area (Å²) >= 11 is 6.95. The highest BCUT2D eigenvalue weighted by atomic mass is 35.5. The first-order chi connectivity index (χ1) is 11.5. The SMILES string of the molecule is Cc1c(C(N)=O)sc2ncn(CCOc3ccc(Cl)cc3)c(=O)c12. The van der Waals surface area contributed by atoms with Crippen molar-refractivity contribution in [2.24, 2.45) is 5.73 Å². The number of amides is 1. The summed E-state index contributed by atoms with van der Waals surface area (Å²) in [5.41, 5.74) is 5.70. The molecule has 3 rings (SSSR count). The van der Waals surface area contributed by atoms with Gasteiger partial charge in [-0.15, -0.1) is 11.3 Å². The van der Waals surface area contributed by atoms with Crippen molar-refractivity contribution in [3.05, 3.63) is 56.4 Å². The van der Waals surface area contributed by atoms with Crippen molar-refractivity contribution in [1.29, 1.82) is 0 Å². The monoisotopic (exact) mass is 363 g/mol. The summed E-state index contributed by atoms with van der Waals surface area (Å²) < 4.78 is 7.05. The Labute approximate surface area is 146 Å². The summed E-state index contributed by atoms with van der Waals surface area (Å²) in [7, 11) is 0. The lowest BCUT2D eigenvalue weighted by Crippen LogP contribution is -2.23. The third-order valence-electron chi connectivity index (χ3n) is 3.56. The highest BCUT2D eigenvalue weighted by Crippen LogP contribution is 2.26. The van der Waals surface area contributed by atoms with Gasteiger partial charge in [0, 0.05) is 5.02 Å². The standard InChI is InChI=1S/C16H14ClN3O3S/c1-9-12-15(24-13(9)14(18)21)19-8-20(16(12)22)6-7-23-11-4-2-10(17)3-5-11/h2-5,8H,6-7H2,1H3,(H2,18,21). The maximum absolute atomic E-state index is 12.6. The predicted molar refractivity (Wildman–Crippen MR) is 94.1 cm³/mol. The number of halogens is 1. The second kappa shape index (κ2) is 6.62. The Kier molecular flexibility index (Phi) is 4.55. The molecule has 124 valence electrons. The average Bonchev–Trinajstić information content (AvgIpc) is 2.89. The van der Waals surface area contributed by atoms with Crippen LogP contribution in [0.25, 0.3) is 10.2 Å². The Bertz CT molecular complexity index is 963. The molecule has 0 radical (unpaired) electrons. The summed E-state index contributed by atoms with van der Waals surface area (Å²) in [5, 5.41) is 1.06. The van der Waals surface area contributed by atoms with Crippen LogP contribution in [0.2, 0.25) is 5.02 Å². The molecule has 0 spiro atoms. The van der Waals surface area contributed by atoms with Crippen LogP contribution >= 0.6 is 22.9 Å². The van der Waals surface area contributed by atoms with Crippen molar-refractivity contribution >= 4 is 39.1 Å². The number of rotatable bonds is 5. The average molecular weight is 364 g/mol. The molecule has 0 atom stereocenters. The molecule has 0 saturated carbocycles. The highest BCUT2D eigenvalue weighted by molar-refractivity contribution is 7.20. The van der Waals surface area contributed by atoms with E-state index in [9.17, 15) is 9.59 Å². The lowest BCUT2D eigenvalue weighted by Gasteiger charge is -2.08. The number of carbonyl (C=O) groups excluding carboxylic acids is 1. The van der Waals surface area contributed by atoms with Crippen LogP contribution in [0.1, 0.15) is 15.2 Å². The van der Waals surface area contributed by atoms with Crippen LogP contribution in [0.5, 0.6) is 5.75 Å². The topological polar surface area (TPSA) is 87.2 Å². The number of fused-ring (bicyclic) bond motifs is 1. The minimum atomic E-state index is -0.549. The third kappa shape index (κ3) is 3.13. The Balaban J connectivity index is 1.81. The van der Waals surface area contributed by atoms with Gasteiger partial charge < -0.3 is 10.5 Å². The number of primary amides is 1. The van der Waals surface area contributed by atoms with Gasteiger partial charge in [-0.1, -0.05) is 11.6 Å². The molecule has 8 heteroatoms. The summed E-state index contributed by atoms with van der Waals surface area (Å²) in [4.78, 5) is 29.1. The van der Waals surface area contributed by atoms with Crippen molar-refractivity contribution in [2.45, 2.75) is 13.5 Å². The number of carbonyl (C=O) groups is 1. The smallest absolute Gasteiger partial charge is 0.262 e. The van der Waals surface area contributed by atoms with Gasteiger partial charge in [0.15, 0.2) is 0 Å². The maximum atomic E-state index is 12.6. The molecule has 0 aliphatic rings. The number of ether oxygens (including phenoxy) is 1. The number of benzene rings is 1. The molecule has 2 heterocycles. The van der Waals surface area contributed by atoms with Gasteiger partial charge in [0.25, 0.3) is 11.5 Å². The number of thiophene rings is 1. The molecule has 0 saturated heterocycles. The predicted octanol–water partition coefficient (Wildman–Crippen LogP) is 2.60. The molecule has 0 fully saturated rings. The lowest BCUT2D eigenvalue weighted by atomic mass is 10.2. The van der Waals surface area contributed by atoms with E-state index < -0.39 is 5.91 Å². The Morgan fingerprint density at radius 1 is 1.38 bits per heavy atom. The van der Waals surface area contributed by atoms with Gasteiger partial charge in [-0.3, -0.25) is 14.2 Å². The number of aryl methyl sites for hydroxylation is 1. The van der Waals surface area contributed by atoms with Crippen molar-refractivity contribution in [2.75, 3.05) is 6.61 Å². The summed E-state index contributed by atoms with van der Waals surface area (Å²) in [6, 6.07) is 6.98. The van der Waals surface area contributed by atoms with Crippen LogP contribution in [-0.2, 0) is 6.54 Å². The van der Waals surface area contributed by atoms with E-state index in [2.05, 4.69) is 4.98 Å². The molecule has 3 aromatic rings. The lowest BCUT2D eigenvalue weighted by molar-refractivity contribution is 0.100. The highest BCUT2D eigenvalue weighted by Gasteiger charge is 2.17. The van der Waals surface area contributed by atoms with Crippen molar-refractivity contribution in [1.82, 2.24) is 9.55 Å². The number of hydrogen-bond acceptors (Lipinski definition) is 5. The van der Waals surface area contributed by atoms with Gasteiger partial charge in [-0.2, -0.15) is 0 Å². The fourth-order valence-corrected chi connectivity index (χ4v) is 3.46. The largest absolute Gasteiger partial charge is 0.492 e. The molecule has 0 aliphatic heterocycles. The van der Waals surface area contributed by atoms with Gasteiger partial charge >= 0.3 is 0 Å². The fourth-order valence-electron chi connectivity index (χ4n) is 2.35. The zero-order valence-corrected chi connectivity index (χ0v) is 14.4. The van der Waals surface area contributed by atoms with E-state index in [1.54, 1.807) is 31.2 Å². The van der Waals surface area contributed by atoms with Gasteiger partial charge in [-0.05, 0) is 36.8 Å². The zero-order chi connectivity index (χ0) is 17.3. The first kappa shape index (κ1) is 16.5. The van der Waals surface area contributed by atoms with Gasteiger partial charge in [0.2, 0.25) is 0 Å². The Morgan fingerprint density at radius 3 is 2.75 bits per heavy atom. The maximum Gasteiger partial charge on any atom is 0.262 e. The minimum absolute atomic E-state index is 0.207. The van der Waals surface area contributed by atoms with E-state index in [1.165, 1.54) is 10.9 Å². The van der Waals surface area contributed by atoms with Crippen LogP contribution in [0, 0.1) is 6.92 Å². The number of aromatic nitrogens is 2. The number of nitrogens with zero attached hydrogens (tertiary/aromatic N) is 2. The van der Waals surface area contributed by atoms with Crippen LogP contribution in [-0.4, -0.2) is 22.1 Å². The van der Waals surface area contributed by atoms with Crippen molar-refractivity contribution in [3.8, 4) is 5.75 Å². The quantitative estimate of drug-likeness (QED) is 0.754. The normalized spacial score (nSPS) is 10.9. The molecule has 2 aromatic heterocycles. The molecule has 0 bridgehead atoms. The zero-order valence-electron chi connectivity index (χ0n) is 12.8. The summed E-state index contributed by atoms with van der Waals surface area (Å²) in [6.45, 7) is 2.35. The van der Waals surface area contributed by atoms with Crippen molar-refractivity contribution in [3.63, 3.8) is 0 Å². The van der Waals surface area contributed by atoms with Gasteiger partial charge in [-0.25, -0.2) is 4.98 Å².